The van der Waals surface area contributed by atoms with Gasteiger partial charge in [0, 0.05) is 0 Å². The van der Waals surface area contributed by atoms with Crippen molar-refractivity contribution < 1.29 is 31.8 Å². The van der Waals surface area contributed by atoms with Gasteiger partial charge in [-0.3, -0.25) is 0 Å². The van der Waals surface area contributed by atoms with E-state index < -0.39 is 28.4 Å². The summed E-state index contributed by atoms with van der Waals surface area (Å²) in [6, 6.07) is 11.2. The highest BCUT2D eigenvalue weighted by Crippen LogP contribution is 2.16. The summed E-state index contributed by atoms with van der Waals surface area (Å²) in [6.45, 7) is -0.416. The lowest BCUT2D eigenvalue weighted by atomic mass is 10.3. The average Bonchev–Trinajstić information content (AvgIpc) is 2.57. The van der Waals surface area contributed by atoms with Crippen molar-refractivity contribution in [3.63, 3.8) is 0 Å². The Labute approximate surface area is 144 Å². The van der Waals surface area contributed by atoms with Gasteiger partial charge in [0.2, 0.25) is 10.0 Å². The van der Waals surface area contributed by atoms with Crippen LogP contribution in [0.5, 0.6) is 11.5 Å². The number of hydrogen-bond acceptors (Lipinski definition) is 6. The quantitative estimate of drug-likeness (QED) is 0.558. The predicted octanol–water partition coefficient (Wildman–Crippen LogP) is 1.47. The van der Waals surface area contributed by atoms with Crippen molar-refractivity contribution in [1.82, 2.24) is 0 Å². The van der Waals surface area contributed by atoms with Crippen molar-refractivity contribution >= 4 is 16.0 Å². The van der Waals surface area contributed by atoms with E-state index in [0.717, 1.165) is 0 Å². The third kappa shape index (κ3) is 6.05. The molecule has 0 unspecified atom stereocenters. The molecule has 0 heterocycles. The van der Waals surface area contributed by atoms with E-state index in [1.165, 1.54) is 42.5 Å². The molecule has 2 N–H and O–H groups in total. The Morgan fingerprint density at radius 1 is 1.00 bits per heavy atom. The van der Waals surface area contributed by atoms with E-state index in [2.05, 4.69) is 0 Å². The number of nitrogens with two attached hydrogens (primary N) is 1. The SMILES string of the molecule is NS(=O)(=O)c1ccc(OCCOC(=O)COc2ccccc2F)cc1. The van der Waals surface area contributed by atoms with Crippen LogP contribution in [0.25, 0.3) is 0 Å². The first kappa shape index (κ1) is 18.7. The van der Waals surface area contributed by atoms with Crippen LogP contribution < -0.4 is 14.6 Å². The van der Waals surface area contributed by atoms with E-state index >= 15 is 0 Å². The van der Waals surface area contributed by atoms with Gasteiger partial charge < -0.3 is 14.2 Å². The van der Waals surface area contributed by atoms with Crippen LogP contribution in [-0.2, 0) is 19.6 Å². The van der Waals surface area contributed by atoms with E-state index in [1.807, 2.05) is 0 Å². The van der Waals surface area contributed by atoms with E-state index in [4.69, 9.17) is 19.3 Å². The molecule has 0 radical (unpaired) electrons. The Morgan fingerprint density at radius 3 is 2.32 bits per heavy atom. The molecule has 0 aliphatic rings. The first-order chi connectivity index (χ1) is 11.9. The van der Waals surface area contributed by atoms with Gasteiger partial charge in [-0.05, 0) is 36.4 Å². The molecule has 0 atom stereocenters. The summed E-state index contributed by atoms with van der Waals surface area (Å²) < 4.78 is 50.7. The number of esters is 1. The molecule has 0 aliphatic heterocycles. The van der Waals surface area contributed by atoms with Crippen LogP contribution in [0.2, 0.25) is 0 Å². The molecule has 0 saturated carbocycles. The second kappa shape index (κ2) is 8.45. The number of sulfonamides is 1. The van der Waals surface area contributed by atoms with Gasteiger partial charge in [-0.1, -0.05) is 12.1 Å². The van der Waals surface area contributed by atoms with Crippen LogP contribution in [0.15, 0.2) is 53.4 Å². The third-order valence-electron chi connectivity index (χ3n) is 2.95. The summed E-state index contributed by atoms with van der Waals surface area (Å²) in [5.74, 6) is -0.880. The normalized spacial score (nSPS) is 11.0. The zero-order valence-corrected chi connectivity index (χ0v) is 13.9. The van der Waals surface area contributed by atoms with Crippen LogP contribution in [0.3, 0.4) is 0 Å². The molecule has 2 aromatic carbocycles. The van der Waals surface area contributed by atoms with Gasteiger partial charge in [0.1, 0.15) is 19.0 Å². The molecule has 7 nitrogen and oxygen atoms in total. The smallest absolute Gasteiger partial charge is 0.344 e. The number of halogens is 1. The Hall–Kier alpha value is -2.65. The van der Waals surface area contributed by atoms with Crippen molar-refractivity contribution in [2.45, 2.75) is 4.90 Å². The molecule has 134 valence electrons. The summed E-state index contributed by atoms with van der Waals surface area (Å²) in [5, 5.41) is 4.98. The topological polar surface area (TPSA) is 105 Å². The van der Waals surface area contributed by atoms with Crippen molar-refractivity contribution in [2.75, 3.05) is 19.8 Å². The van der Waals surface area contributed by atoms with Crippen LogP contribution in [0.1, 0.15) is 0 Å². The van der Waals surface area contributed by atoms with E-state index in [-0.39, 0.29) is 23.9 Å². The Kier molecular flexibility index (Phi) is 6.31. The Bertz CT molecular complexity index is 823. The molecule has 0 saturated heterocycles. The standard InChI is InChI=1S/C16H16FNO6S/c17-14-3-1-2-4-15(14)24-11-16(19)23-10-9-22-12-5-7-13(8-6-12)25(18,20)21/h1-8H,9-11H2,(H2,18,20,21). The molecule has 0 spiro atoms. The minimum atomic E-state index is -3.75. The van der Waals surface area contributed by atoms with Gasteiger partial charge in [-0.2, -0.15) is 0 Å². The average molecular weight is 369 g/mol. The maximum Gasteiger partial charge on any atom is 0.344 e. The second-order valence-electron chi connectivity index (χ2n) is 4.80. The summed E-state index contributed by atoms with van der Waals surface area (Å²) in [4.78, 5) is 11.5. The molecule has 2 rings (SSSR count). The molecule has 0 bridgehead atoms. The fourth-order valence-electron chi connectivity index (χ4n) is 1.78. The number of para-hydroxylation sites is 1. The van der Waals surface area contributed by atoms with Crippen LogP contribution in [-0.4, -0.2) is 34.2 Å². The molecule has 25 heavy (non-hydrogen) atoms. The first-order valence-electron chi connectivity index (χ1n) is 7.15. The maximum absolute atomic E-state index is 13.3. The maximum atomic E-state index is 13.3. The Morgan fingerprint density at radius 2 is 1.68 bits per heavy atom. The van der Waals surface area contributed by atoms with E-state index in [0.29, 0.717) is 5.75 Å². The lowest BCUT2D eigenvalue weighted by Crippen LogP contribution is -2.18. The minimum absolute atomic E-state index is 0.0310. The lowest BCUT2D eigenvalue weighted by molar-refractivity contribution is -0.146. The molecule has 2 aromatic rings. The summed E-state index contributed by atoms with van der Waals surface area (Å²) in [5.41, 5.74) is 0. The predicted molar refractivity (Wildman–Crippen MR) is 86.2 cm³/mol. The molecular weight excluding hydrogens is 353 g/mol. The highest BCUT2D eigenvalue weighted by atomic mass is 32.2. The van der Waals surface area contributed by atoms with Gasteiger partial charge in [0.15, 0.2) is 18.2 Å². The largest absolute Gasteiger partial charge is 0.490 e. The van der Waals surface area contributed by atoms with Crippen molar-refractivity contribution in [3.8, 4) is 11.5 Å². The summed E-state index contributed by atoms with van der Waals surface area (Å²) >= 11 is 0. The van der Waals surface area contributed by atoms with Gasteiger partial charge in [-0.25, -0.2) is 22.7 Å². The number of ether oxygens (including phenoxy) is 3. The van der Waals surface area contributed by atoms with E-state index in [9.17, 15) is 17.6 Å². The molecular formula is C16H16FNO6S. The fraction of sp³-hybridized carbons (Fsp3) is 0.188. The fourth-order valence-corrected chi connectivity index (χ4v) is 2.30. The van der Waals surface area contributed by atoms with Crippen LogP contribution in [0, 0.1) is 5.82 Å². The summed E-state index contributed by atoms with van der Waals surface area (Å²) in [7, 11) is -3.75. The lowest BCUT2D eigenvalue weighted by Gasteiger charge is -2.09. The molecule has 0 fully saturated rings. The van der Waals surface area contributed by atoms with Crippen molar-refractivity contribution in [1.29, 1.82) is 0 Å². The number of primary sulfonamides is 1. The monoisotopic (exact) mass is 369 g/mol. The number of rotatable bonds is 8. The van der Waals surface area contributed by atoms with Gasteiger partial charge in [-0.15, -0.1) is 0 Å². The van der Waals surface area contributed by atoms with Gasteiger partial charge in [0.25, 0.3) is 0 Å². The molecule has 0 aliphatic carbocycles. The van der Waals surface area contributed by atoms with Gasteiger partial charge in [0.05, 0.1) is 4.90 Å². The van der Waals surface area contributed by atoms with E-state index in [1.54, 1.807) is 6.07 Å². The minimum Gasteiger partial charge on any atom is -0.490 e. The second-order valence-corrected chi connectivity index (χ2v) is 6.37. The number of carbonyl (C=O) groups is 1. The highest BCUT2D eigenvalue weighted by molar-refractivity contribution is 7.89. The van der Waals surface area contributed by atoms with Crippen molar-refractivity contribution in [2.24, 2.45) is 5.14 Å². The molecule has 0 aromatic heterocycles. The number of carbonyl (C=O) groups excluding carboxylic acids is 1. The van der Waals surface area contributed by atoms with Crippen LogP contribution in [0.4, 0.5) is 4.39 Å². The molecule has 0 amide bonds. The number of benzene rings is 2. The summed E-state index contributed by atoms with van der Waals surface area (Å²) in [6.07, 6.45) is 0. The Balaban J connectivity index is 1.69. The zero-order chi connectivity index (χ0) is 18.3. The number of hydrogen-bond donors (Lipinski definition) is 1. The van der Waals surface area contributed by atoms with Gasteiger partial charge >= 0.3 is 5.97 Å². The highest BCUT2D eigenvalue weighted by Gasteiger charge is 2.08. The van der Waals surface area contributed by atoms with Crippen LogP contribution >= 0.6 is 0 Å². The third-order valence-corrected chi connectivity index (χ3v) is 3.88. The van der Waals surface area contributed by atoms with Crippen molar-refractivity contribution in [3.05, 3.63) is 54.3 Å². The molecule has 9 heteroatoms. The first-order valence-corrected chi connectivity index (χ1v) is 8.69. The zero-order valence-electron chi connectivity index (χ0n) is 13.1.